The summed E-state index contributed by atoms with van der Waals surface area (Å²) >= 11 is 0. The zero-order valence-electron chi connectivity index (χ0n) is 12.8. The van der Waals surface area contributed by atoms with Gasteiger partial charge in [0.2, 0.25) is 5.91 Å². The molecular formula is C14H17N5O4. The van der Waals surface area contributed by atoms with Crippen LogP contribution in [-0.4, -0.2) is 32.6 Å². The van der Waals surface area contributed by atoms with Gasteiger partial charge < -0.3 is 10.1 Å². The Labute approximate surface area is 132 Å². The van der Waals surface area contributed by atoms with Crippen molar-refractivity contribution in [3.8, 4) is 5.75 Å². The predicted molar refractivity (Wildman–Crippen MR) is 80.9 cm³/mol. The molecule has 0 aliphatic rings. The summed E-state index contributed by atoms with van der Waals surface area (Å²) in [6.07, 6.45) is 1.43. The van der Waals surface area contributed by atoms with E-state index in [0.717, 1.165) is 5.56 Å². The van der Waals surface area contributed by atoms with Crippen molar-refractivity contribution in [2.45, 2.75) is 26.3 Å². The van der Waals surface area contributed by atoms with E-state index >= 15 is 0 Å². The zero-order valence-corrected chi connectivity index (χ0v) is 12.8. The average molecular weight is 319 g/mol. The molecule has 0 radical (unpaired) electrons. The Balaban J connectivity index is 1.86. The molecule has 2 rings (SSSR count). The quantitative estimate of drug-likeness (QED) is 0.591. The lowest BCUT2D eigenvalue weighted by Crippen LogP contribution is -2.28. The fourth-order valence-corrected chi connectivity index (χ4v) is 1.95. The summed E-state index contributed by atoms with van der Waals surface area (Å²) in [7, 11) is 0. The van der Waals surface area contributed by atoms with Gasteiger partial charge >= 0.3 is 5.69 Å². The number of hydrogen-bond donors (Lipinski definition) is 2. The van der Waals surface area contributed by atoms with E-state index in [1.54, 1.807) is 19.1 Å². The molecule has 0 aliphatic carbocycles. The highest BCUT2D eigenvalue weighted by Gasteiger charge is 2.16. The van der Waals surface area contributed by atoms with Crippen LogP contribution >= 0.6 is 0 Å². The summed E-state index contributed by atoms with van der Waals surface area (Å²) in [6.45, 7) is 3.62. The van der Waals surface area contributed by atoms with Crippen molar-refractivity contribution < 1.29 is 14.5 Å². The fourth-order valence-electron chi connectivity index (χ4n) is 1.95. The number of aromatic nitrogens is 3. The Hall–Kier alpha value is -2.97. The van der Waals surface area contributed by atoms with E-state index in [1.807, 2.05) is 6.92 Å². The Morgan fingerprint density at radius 3 is 2.96 bits per heavy atom. The van der Waals surface area contributed by atoms with Crippen molar-refractivity contribution in [2.24, 2.45) is 0 Å². The number of carbonyl (C=O) groups is 1. The van der Waals surface area contributed by atoms with Gasteiger partial charge in [0.1, 0.15) is 12.2 Å². The highest BCUT2D eigenvalue weighted by molar-refractivity contribution is 5.76. The number of nitrogens with zero attached hydrogens (tertiary/aromatic N) is 3. The highest BCUT2D eigenvalue weighted by Crippen LogP contribution is 2.27. The molecule has 9 nitrogen and oxygen atoms in total. The van der Waals surface area contributed by atoms with Crippen molar-refractivity contribution >= 4 is 11.6 Å². The first kappa shape index (κ1) is 16.4. The first-order chi connectivity index (χ1) is 11.0. The number of aromatic amines is 1. The Morgan fingerprint density at radius 1 is 1.52 bits per heavy atom. The molecule has 2 N–H and O–H groups in total. The number of H-pyrrole nitrogens is 1. The van der Waals surface area contributed by atoms with Crippen molar-refractivity contribution in [1.29, 1.82) is 0 Å². The van der Waals surface area contributed by atoms with Crippen LogP contribution in [0.4, 0.5) is 5.69 Å². The van der Waals surface area contributed by atoms with E-state index in [0.29, 0.717) is 5.82 Å². The maximum atomic E-state index is 11.8. The second-order valence-electron chi connectivity index (χ2n) is 4.99. The third kappa shape index (κ3) is 4.50. The number of amides is 1. The highest BCUT2D eigenvalue weighted by atomic mass is 16.6. The van der Waals surface area contributed by atoms with Crippen LogP contribution in [-0.2, 0) is 4.79 Å². The van der Waals surface area contributed by atoms with Gasteiger partial charge in [0, 0.05) is 6.07 Å². The maximum Gasteiger partial charge on any atom is 0.310 e. The molecule has 122 valence electrons. The number of aryl methyl sites for hydroxylation is 1. The molecule has 0 bridgehead atoms. The van der Waals surface area contributed by atoms with Crippen molar-refractivity contribution in [3.63, 3.8) is 0 Å². The first-order valence-corrected chi connectivity index (χ1v) is 7.00. The molecule has 1 amide bonds. The molecular weight excluding hydrogens is 302 g/mol. The topological polar surface area (TPSA) is 123 Å². The molecule has 0 spiro atoms. The molecule has 0 aliphatic heterocycles. The summed E-state index contributed by atoms with van der Waals surface area (Å²) < 4.78 is 5.38. The lowest BCUT2D eigenvalue weighted by atomic mass is 10.2. The van der Waals surface area contributed by atoms with E-state index in [1.165, 1.54) is 12.4 Å². The Bertz CT molecular complexity index is 686. The van der Waals surface area contributed by atoms with Crippen LogP contribution in [0.1, 0.15) is 30.8 Å². The van der Waals surface area contributed by atoms with Crippen LogP contribution in [0.3, 0.4) is 0 Å². The molecule has 0 fully saturated rings. The number of nitrogens with one attached hydrogen (secondary N) is 2. The smallest absolute Gasteiger partial charge is 0.310 e. The van der Waals surface area contributed by atoms with E-state index in [4.69, 9.17) is 4.74 Å². The molecule has 0 saturated heterocycles. The minimum Gasteiger partial charge on any atom is -0.486 e. The number of hydrogen-bond acceptors (Lipinski definition) is 6. The van der Waals surface area contributed by atoms with E-state index in [-0.39, 0.29) is 36.4 Å². The van der Waals surface area contributed by atoms with Crippen LogP contribution < -0.4 is 10.1 Å². The number of ether oxygens (including phenoxy) is 1. The van der Waals surface area contributed by atoms with Crippen molar-refractivity contribution in [1.82, 2.24) is 20.5 Å². The van der Waals surface area contributed by atoms with Gasteiger partial charge in [0.05, 0.1) is 24.0 Å². The number of nitro groups is 1. The summed E-state index contributed by atoms with van der Waals surface area (Å²) in [6, 6.07) is 4.29. The zero-order chi connectivity index (χ0) is 16.8. The number of carbonyl (C=O) groups excluding carboxylic acids is 1. The van der Waals surface area contributed by atoms with Gasteiger partial charge in [-0.05, 0) is 25.5 Å². The van der Waals surface area contributed by atoms with Gasteiger partial charge in [-0.2, -0.15) is 5.10 Å². The fraction of sp³-hybridized carbons (Fsp3) is 0.357. The van der Waals surface area contributed by atoms with Gasteiger partial charge in [0.25, 0.3) is 0 Å². The minimum atomic E-state index is -0.513. The summed E-state index contributed by atoms with van der Waals surface area (Å²) in [5, 5.41) is 20.0. The molecule has 2 aromatic rings. The van der Waals surface area contributed by atoms with E-state index in [9.17, 15) is 14.9 Å². The Kier molecular flexibility index (Phi) is 5.23. The molecule has 23 heavy (non-hydrogen) atoms. The largest absolute Gasteiger partial charge is 0.486 e. The number of benzene rings is 1. The van der Waals surface area contributed by atoms with Gasteiger partial charge in [-0.3, -0.25) is 20.0 Å². The van der Waals surface area contributed by atoms with Crippen LogP contribution in [0, 0.1) is 17.0 Å². The predicted octanol–water partition coefficient (Wildman–Crippen LogP) is 1.67. The van der Waals surface area contributed by atoms with Crippen LogP contribution in [0.2, 0.25) is 0 Å². The lowest BCUT2D eigenvalue weighted by molar-refractivity contribution is -0.385. The second-order valence-corrected chi connectivity index (χ2v) is 4.99. The molecule has 1 aromatic heterocycles. The monoisotopic (exact) mass is 319 g/mol. The molecule has 1 heterocycles. The van der Waals surface area contributed by atoms with Gasteiger partial charge in [0.15, 0.2) is 5.75 Å². The normalized spacial score (nSPS) is 11.7. The van der Waals surface area contributed by atoms with Gasteiger partial charge in [-0.1, -0.05) is 6.07 Å². The molecule has 9 heteroatoms. The molecule has 1 aromatic carbocycles. The molecule has 1 unspecified atom stereocenters. The standard InChI is InChI=1S/C14H17N5O4/c1-9-3-4-11(19(21)22)12(7-9)23-6-5-13(20)17-10(2)14-15-8-16-18-14/h3-4,7-8,10H,5-6H2,1-2H3,(H,17,20)(H,15,16,18). The van der Waals surface area contributed by atoms with E-state index < -0.39 is 4.92 Å². The number of rotatable bonds is 7. The second kappa shape index (κ2) is 7.34. The van der Waals surface area contributed by atoms with Gasteiger partial charge in [-0.25, -0.2) is 4.98 Å². The average Bonchev–Trinajstić information content (AvgIpc) is 3.01. The lowest BCUT2D eigenvalue weighted by Gasteiger charge is -2.11. The van der Waals surface area contributed by atoms with Crippen LogP contribution in [0.15, 0.2) is 24.5 Å². The first-order valence-electron chi connectivity index (χ1n) is 7.00. The van der Waals surface area contributed by atoms with Crippen molar-refractivity contribution in [3.05, 3.63) is 46.0 Å². The van der Waals surface area contributed by atoms with Crippen molar-refractivity contribution in [2.75, 3.05) is 6.61 Å². The molecule has 0 saturated carbocycles. The number of nitro benzene ring substituents is 1. The summed E-state index contributed by atoms with van der Waals surface area (Å²) in [4.78, 5) is 26.2. The third-order valence-corrected chi connectivity index (χ3v) is 3.12. The van der Waals surface area contributed by atoms with Crippen LogP contribution in [0.25, 0.3) is 0 Å². The summed E-state index contributed by atoms with van der Waals surface area (Å²) in [5.41, 5.74) is 0.722. The molecule has 1 atom stereocenters. The van der Waals surface area contributed by atoms with Gasteiger partial charge in [-0.15, -0.1) is 0 Å². The van der Waals surface area contributed by atoms with E-state index in [2.05, 4.69) is 20.5 Å². The SMILES string of the molecule is Cc1ccc([N+](=O)[O-])c(OCCC(=O)NC(C)c2ncn[nH]2)c1. The Morgan fingerprint density at radius 2 is 2.30 bits per heavy atom. The summed E-state index contributed by atoms with van der Waals surface area (Å²) in [5.74, 6) is 0.462. The maximum absolute atomic E-state index is 11.8. The minimum absolute atomic E-state index is 0.0409. The third-order valence-electron chi connectivity index (χ3n) is 3.12. The van der Waals surface area contributed by atoms with Crippen LogP contribution in [0.5, 0.6) is 5.75 Å².